The van der Waals surface area contributed by atoms with Crippen LogP contribution in [0.3, 0.4) is 0 Å². The maximum atomic E-state index is 11.2. The third kappa shape index (κ3) is 4.24. The van der Waals surface area contributed by atoms with Crippen molar-refractivity contribution < 1.29 is 9.53 Å². The lowest BCUT2D eigenvalue weighted by molar-refractivity contribution is 0.1000. The fourth-order valence-electron chi connectivity index (χ4n) is 2.00. The van der Waals surface area contributed by atoms with Gasteiger partial charge >= 0.3 is 0 Å². The third-order valence-corrected chi connectivity index (χ3v) is 2.94. The lowest BCUT2D eigenvalue weighted by atomic mass is 10.1. The number of primary amides is 1. The van der Waals surface area contributed by atoms with Gasteiger partial charge in [0.2, 0.25) is 5.91 Å². The van der Waals surface area contributed by atoms with Gasteiger partial charge in [0.15, 0.2) is 0 Å². The standard InChI is InChI=1S/C17H20N2O2/c1-12(2)21-16-9-4-3-8-15(16)19-11-13-6-5-7-14(10-13)17(18)20/h3-10,12,19H,11H2,1-2H3,(H2,18,20). The van der Waals surface area contributed by atoms with Crippen molar-refractivity contribution in [3.05, 3.63) is 59.7 Å². The zero-order valence-electron chi connectivity index (χ0n) is 12.3. The highest BCUT2D eigenvalue weighted by Crippen LogP contribution is 2.25. The first-order chi connectivity index (χ1) is 10.1. The van der Waals surface area contributed by atoms with Crippen LogP contribution in [-0.2, 0) is 6.54 Å². The van der Waals surface area contributed by atoms with Gasteiger partial charge in [0.1, 0.15) is 5.75 Å². The molecule has 110 valence electrons. The lowest BCUT2D eigenvalue weighted by Gasteiger charge is -2.15. The molecule has 0 aromatic heterocycles. The Morgan fingerprint density at radius 1 is 1.19 bits per heavy atom. The molecule has 2 aromatic rings. The van der Waals surface area contributed by atoms with E-state index in [9.17, 15) is 4.79 Å². The average molecular weight is 284 g/mol. The number of hydrogen-bond acceptors (Lipinski definition) is 3. The fourth-order valence-corrected chi connectivity index (χ4v) is 2.00. The summed E-state index contributed by atoms with van der Waals surface area (Å²) in [6, 6.07) is 15.1. The molecule has 3 N–H and O–H groups in total. The molecule has 0 unspecified atom stereocenters. The molecule has 2 aromatic carbocycles. The van der Waals surface area contributed by atoms with E-state index < -0.39 is 5.91 Å². The number of para-hydroxylation sites is 2. The first-order valence-electron chi connectivity index (χ1n) is 6.94. The van der Waals surface area contributed by atoms with Crippen molar-refractivity contribution in [3.63, 3.8) is 0 Å². The molecule has 1 amide bonds. The monoisotopic (exact) mass is 284 g/mol. The lowest BCUT2D eigenvalue weighted by Crippen LogP contribution is -2.12. The molecule has 0 spiro atoms. The number of carbonyl (C=O) groups is 1. The van der Waals surface area contributed by atoms with Crippen molar-refractivity contribution >= 4 is 11.6 Å². The van der Waals surface area contributed by atoms with Crippen molar-refractivity contribution in [2.24, 2.45) is 5.73 Å². The van der Waals surface area contributed by atoms with Crippen LogP contribution in [0.4, 0.5) is 5.69 Å². The van der Waals surface area contributed by atoms with Gasteiger partial charge < -0.3 is 15.8 Å². The Kier molecular flexibility index (Phi) is 4.82. The topological polar surface area (TPSA) is 64.3 Å². The normalized spacial score (nSPS) is 10.4. The summed E-state index contributed by atoms with van der Waals surface area (Å²) in [6.07, 6.45) is 0.117. The molecule has 0 saturated carbocycles. The second-order valence-corrected chi connectivity index (χ2v) is 5.08. The Balaban J connectivity index is 2.09. The Hall–Kier alpha value is -2.49. The number of carbonyl (C=O) groups excluding carboxylic acids is 1. The molecule has 0 fully saturated rings. The van der Waals surface area contributed by atoms with Crippen molar-refractivity contribution in [2.45, 2.75) is 26.5 Å². The van der Waals surface area contributed by atoms with Gasteiger partial charge in [-0.15, -0.1) is 0 Å². The van der Waals surface area contributed by atoms with E-state index >= 15 is 0 Å². The van der Waals surface area contributed by atoms with Crippen molar-refractivity contribution in [2.75, 3.05) is 5.32 Å². The largest absolute Gasteiger partial charge is 0.489 e. The summed E-state index contributed by atoms with van der Waals surface area (Å²) in [4.78, 5) is 11.2. The average Bonchev–Trinajstić information content (AvgIpc) is 2.46. The first-order valence-corrected chi connectivity index (χ1v) is 6.94. The van der Waals surface area contributed by atoms with E-state index in [0.29, 0.717) is 12.1 Å². The Labute approximate surface area is 124 Å². The highest BCUT2D eigenvalue weighted by Gasteiger charge is 2.05. The van der Waals surface area contributed by atoms with Crippen LogP contribution < -0.4 is 15.8 Å². The summed E-state index contributed by atoms with van der Waals surface area (Å²) in [5.41, 5.74) is 7.72. The number of hydrogen-bond donors (Lipinski definition) is 2. The van der Waals surface area contributed by atoms with Crippen LogP contribution in [0.15, 0.2) is 48.5 Å². The maximum absolute atomic E-state index is 11.2. The maximum Gasteiger partial charge on any atom is 0.248 e. The fraction of sp³-hybridized carbons (Fsp3) is 0.235. The summed E-state index contributed by atoms with van der Waals surface area (Å²) in [5.74, 6) is 0.402. The number of benzene rings is 2. The Morgan fingerprint density at radius 3 is 2.67 bits per heavy atom. The molecule has 0 heterocycles. The molecule has 0 radical (unpaired) electrons. The second-order valence-electron chi connectivity index (χ2n) is 5.08. The van der Waals surface area contributed by atoms with Crippen LogP contribution in [-0.4, -0.2) is 12.0 Å². The number of amides is 1. The van der Waals surface area contributed by atoms with Crippen LogP contribution >= 0.6 is 0 Å². The summed E-state index contributed by atoms with van der Waals surface area (Å²) >= 11 is 0. The van der Waals surface area contributed by atoms with Crippen LogP contribution in [0, 0.1) is 0 Å². The van der Waals surface area contributed by atoms with E-state index in [0.717, 1.165) is 17.0 Å². The Bertz CT molecular complexity index is 624. The summed E-state index contributed by atoms with van der Waals surface area (Å²) in [6.45, 7) is 4.58. The van der Waals surface area contributed by atoms with E-state index in [-0.39, 0.29) is 6.10 Å². The van der Waals surface area contributed by atoms with E-state index in [2.05, 4.69) is 5.32 Å². The molecule has 0 aliphatic carbocycles. The SMILES string of the molecule is CC(C)Oc1ccccc1NCc1cccc(C(N)=O)c1. The van der Waals surface area contributed by atoms with Gasteiger partial charge in [-0.05, 0) is 43.7 Å². The molecule has 2 rings (SSSR count). The summed E-state index contributed by atoms with van der Waals surface area (Å²) in [7, 11) is 0. The van der Waals surface area contributed by atoms with Crippen LogP contribution in [0.25, 0.3) is 0 Å². The number of ether oxygens (including phenoxy) is 1. The molecule has 0 aliphatic rings. The van der Waals surface area contributed by atoms with Crippen LogP contribution in [0.5, 0.6) is 5.75 Å². The molecule has 0 aliphatic heterocycles. The molecule has 0 bridgehead atoms. The first kappa shape index (κ1) is 14.9. The highest BCUT2D eigenvalue weighted by atomic mass is 16.5. The zero-order chi connectivity index (χ0) is 15.2. The smallest absolute Gasteiger partial charge is 0.248 e. The Morgan fingerprint density at radius 2 is 1.95 bits per heavy atom. The van der Waals surface area contributed by atoms with Gasteiger partial charge in [0, 0.05) is 12.1 Å². The number of rotatable bonds is 6. The minimum atomic E-state index is -0.416. The summed E-state index contributed by atoms with van der Waals surface area (Å²) in [5, 5.41) is 3.32. The van der Waals surface area contributed by atoms with Gasteiger partial charge in [-0.1, -0.05) is 24.3 Å². The molecule has 0 saturated heterocycles. The number of nitrogens with one attached hydrogen (secondary N) is 1. The van der Waals surface area contributed by atoms with Crippen LogP contribution in [0.2, 0.25) is 0 Å². The molecular formula is C17H20N2O2. The van der Waals surface area contributed by atoms with E-state index in [4.69, 9.17) is 10.5 Å². The second kappa shape index (κ2) is 6.79. The summed E-state index contributed by atoms with van der Waals surface area (Å²) < 4.78 is 5.76. The van der Waals surface area contributed by atoms with Gasteiger partial charge in [-0.3, -0.25) is 4.79 Å². The van der Waals surface area contributed by atoms with Gasteiger partial charge in [0.25, 0.3) is 0 Å². The van der Waals surface area contributed by atoms with Gasteiger partial charge in [-0.25, -0.2) is 0 Å². The predicted octanol–water partition coefficient (Wildman–Crippen LogP) is 3.18. The molecule has 0 atom stereocenters. The highest BCUT2D eigenvalue weighted by molar-refractivity contribution is 5.92. The predicted molar refractivity (Wildman–Crippen MR) is 84.5 cm³/mol. The van der Waals surface area contributed by atoms with Crippen molar-refractivity contribution in [1.29, 1.82) is 0 Å². The quantitative estimate of drug-likeness (QED) is 0.856. The zero-order valence-corrected chi connectivity index (χ0v) is 12.3. The minimum Gasteiger partial charge on any atom is -0.489 e. The minimum absolute atomic E-state index is 0.117. The third-order valence-electron chi connectivity index (χ3n) is 2.94. The van der Waals surface area contributed by atoms with E-state index in [1.54, 1.807) is 12.1 Å². The van der Waals surface area contributed by atoms with Gasteiger partial charge in [-0.2, -0.15) is 0 Å². The molecule has 4 heteroatoms. The van der Waals surface area contributed by atoms with Crippen molar-refractivity contribution in [3.8, 4) is 5.75 Å². The number of nitrogens with two attached hydrogens (primary N) is 1. The van der Waals surface area contributed by atoms with Crippen LogP contribution in [0.1, 0.15) is 29.8 Å². The van der Waals surface area contributed by atoms with Gasteiger partial charge in [0.05, 0.1) is 11.8 Å². The molecule has 4 nitrogen and oxygen atoms in total. The van der Waals surface area contributed by atoms with E-state index in [1.807, 2.05) is 50.2 Å². The van der Waals surface area contributed by atoms with Crippen molar-refractivity contribution in [1.82, 2.24) is 0 Å². The molecular weight excluding hydrogens is 264 g/mol. The number of anilines is 1. The van der Waals surface area contributed by atoms with E-state index in [1.165, 1.54) is 0 Å². The molecule has 21 heavy (non-hydrogen) atoms.